The maximum absolute atomic E-state index is 3.12. The Morgan fingerprint density at radius 2 is 2.00 bits per heavy atom. The largest absolute Gasteiger partial charge is 0.284 e. The molecule has 0 amide bonds. The molecule has 0 N–H and O–H groups in total. The van der Waals surface area contributed by atoms with Gasteiger partial charge < -0.3 is 0 Å². The van der Waals surface area contributed by atoms with Crippen LogP contribution in [0.2, 0.25) is 0 Å². The molecule has 0 saturated carbocycles. The van der Waals surface area contributed by atoms with E-state index in [1.807, 2.05) is 19.9 Å². The molecule has 0 radical (unpaired) electrons. The number of hydrogen-bond donors (Lipinski definition) is 0. The highest BCUT2D eigenvalue weighted by Gasteiger charge is 2.01. The van der Waals surface area contributed by atoms with E-state index in [1.54, 1.807) is 0 Å². The zero-order chi connectivity index (χ0) is 11.6. The first-order valence-corrected chi connectivity index (χ1v) is 5.64. The summed E-state index contributed by atoms with van der Waals surface area (Å²) < 4.78 is 0. The molecule has 1 rings (SSSR count). The smallest absolute Gasteiger partial charge is 0.0607 e. The fourth-order valence-electron chi connectivity index (χ4n) is 1.47. The van der Waals surface area contributed by atoms with Crippen LogP contribution in [0, 0.1) is 11.8 Å². The third kappa shape index (κ3) is 4.82. The minimum atomic E-state index is 0.829. The molecule has 0 heterocycles. The Balaban J connectivity index is 2.57. The lowest BCUT2D eigenvalue weighted by Gasteiger charge is -2.17. The minimum absolute atomic E-state index is 0.829. The van der Waals surface area contributed by atoms with Crippen LogP contribution in [0.3, 0.4) is 0 Å². The van der Waals surface area contributed by atoms with E-state index in [0.29, 0.717) is 0 Å². The lowest BCUT2D eigenvalue weighted by molar-refractivity contribution is 0.332. The number of nitrogens with zero attached hydrogens (tertiary/aromatic N) is 1. The predicted octanol–water partition coefficient (Wildman–Crippen LogP) is 3.09. The van der Waals surface area contributed by atoms with Crippen LogP contribution >= 0.6 is 0 Å². The van der Waals surface area contributed by atoms with Gasteiger partial charge in [-0.3, -0.25) is 4.90 Å². The summed E-state index contributed by atoms with van der Waals surface area (Å²) in [6.45, 7) is 6.68. The van der Waals surface area contributed by atoms with Gasteiger partial charge in [-0.2, -0.15) is 0 Å². The third-order valence-electron chi connectivity index (χ3n) is 2.33. The molecular weight excluding hydrogens is 194 g/mol. The predicted molar refractivity (Wildman–Crippen MR) is 70.0 cm³/mol. The summed E-state index contributed by atoms with van der Waals surface area (Å²) in [5.74, 6) is 6.06. The molecule has 0 spiro atoms. The first-order valence-electron chi connectivity index (χ1n) is 5.64. The highest BCUT2D eigenvalue weighted by molar-refractivity contribution is 5.15. The first kappa shape index (κ1) is 12.5. The summed E-state index contributed by atoms with van der Waals surface area (Å²) in [4.78, 5) is 2.33. The molecule has 0 unspecified atom stereocenters. The number of benzene rings is 1. The van der Waals surface area contributed by atoms with Gasteiger partial charge >= 0.3 is 0 Å². The maximum atomic E-state index is 3.12. The zero-order valence-corrected chi connectivity index (χ0v) is 10.1. The molecule has 0 aromatic heterocycles. The van der Waals surface area contributed by atoms with E-state index >= 15 is 0 Å². The molecule has 1 aromatic rings. The average Bonchev–Trinajstić information content (AvgIpc) is 2.34. The van der Waals surface area contributed by atoms with E-state index in [2.05, 4.69) is 53.2 Å². The van der Waals surface area contributed by atoms with Gasteiger partial charge in [0.2, 0.25) is 0 Å². The van der Waals surface area contributed by atoms with E-state index in [4.69, 9.17) is 0 Å². The Labute approximate surface area is 98.8 Å². The summed E-state index contributed by atoms with van der Waals surface area (Å²) in [7, 11) is 0. The normalized spacial score (nSPS) is 10.4. The van der Waals surface area contributed by atoms with Gasteiger partial charge in [0.1, 0.15) is 0 Å². The van der Waals surface area contributed by atoms with Gasteiger partial charge in [-0.1, -0.05) is 48.4 Å². The fraction of sp³-hybridized carbons (Fsp3) is 0.333. The number of hydrogen-bond acceptors (Lipinski definition) is 1. The van der Waals surface area contributed by atoms with Crippen molar-refractivity contribution in [3.63, 3.8) is 0 Å². The van der Waals surface area contributed by atoms with Crippen LogP contribution in [-0.2, 0) is 6.54 Å². The van der Waals surface area contributed by atoms with Gasteiger partial charge in [0.15, 0.2) is 0 Å². The van der Waals surface area contributed by atoms with Crippen molar-refractivity contribution in [1.29, 1.82) is 0 Å². The lowest BCUT2D eigenvalue weighted by atomic mass is 10.2. The maximum Gasteiger partial charge on any atom is 0.0607 e. The summed E-state index contributed by atoms with van der Waals surface area (Å²) in [6, 6.07) is 10.5. The molecule has 0 atom stereocenters. The topological polar surface area (TPSA) is 3.24 Å². The van der Waals surface area contributed by atoms with Crippen molar-refractivity contribution in [2.45, 2.75) is 20.4 Å². The number of allylic oxidation sites excluding steroid dienone is 1. The van der Waals surface area contributed by atoms with Crippen LogP contribution < -0.4 is 0 Å². The van der Waals surface area contributed by atoms with Crippen molar-refractivity contribution in [1.82, 2.24) is 4.90 Å². The SMILES string of the molecule is CC#CCN(C/C=C/C)Cc1ccccc1. The van der Waals surface area contributed by atoms with E-state index in [0.717, 1.165) is 19.6 Å². The Kier molecular flexibility index (Phi) is 6.06. The second-order valence-electron chi connectivity index (χ2n) is 3.65. The molecule has 0 aliphatic carbocycles. The second kappa shape index (κ2) is 7.73. The Bertz CT molecular complexity index is 367. The standard InChI is InChI=1S/C15H19N/c1-3-5-12-16(13-6-4-2)14-15-10-8-7-9-11-15/h3,5,7-11H,12-14H2,1-2H3/b5-3+. The molecular formula is C15H19N. The van der Waals surface area contributed by atoms with Gasteiger partial charge in [0, 0.05) is 13.1 Å². The van der Waals surface area contributed by atoms with E-state index in [9.17, 15) is 0 Å². The highest BCUT2D eigenvalue weighted by atomic mass is 15.1. The lowest BCUT2D eigenvalue weighted by Crippen LogP contribution is -2.23. The van der Waals surface area contributed by atoms with Crippen molar-refractivity contribution in [3.8, 4) is 11.8 Å². The highest BCUT2D eigenvalue weighted by Crippen LogP contribution is 2.03. The van der Waals surface area contributed by atoms with Crippen LogP contribution in [0.1, 0.15) is 19.4 Å². The van der Waals surface area contributed by atoms with Crippen molar-refractivity contribution < 1.29 is 0 Å². The number of rotatable bonds is 5. The van der Waals surface area contributed by atoms with Gasteiger partial charge in [-0.25, -0.2) is 0 Å². The molecule has 0 saturated heterocycles. The molecule has 0 aliphatic rings. The van der Waals surface area contributed by atoms with Crippen LogP contribution in [0.25, 0.3) is 0 Å². The Morgan fingerprint density at radius 3 is 2.62 bits per heavy atom. The van der Waals surface area contributed by atoms with E-state index in [1.165, 1.54) is 5.56 Å². The van der Waals surface area contributed by atoms with Crippen molar-refractivity contribution in [2.24, 2.45) is 0 Å². The van der Waals surface area contributed by atoms with Gasteiger partial charge in [-0.15, -0.1) is 5.92 Å². The minimum Gasteiger partial charge on any atom is -0.284 e. The van der Waals surface area contributed by atoms with Crippen LogP contribution in [0.5, 0.6) is 0 Å². The molecule has 0 fully saturated rings. The zero-order valence-electron chi connectivity index (χ0n) is 10.1. The monoisotopic (exact) mass is 213 g/mol. The molecule has 0 aliphatic heterocycles. The van der Waals surface area contributed by atoms with Crippen molar-refractivity contribution >= 4 is 0 Å². The molecule has 1 nitrogen and oxygen atoms in total. The third-order valence-corrected chi connectivity index (χ3v) is 2.33. The second-order valence-corrected chi connectivity index (χ2v) is 3.65. The quantitative estimate of drug-likeness (QED) is 0.536. The fourth-order valence-corrected chi connectivity index (χ4v) is 1.47. The molecule has 1 aromatic carbocycles. The van der Waals surface area contributed by atoms with Gasteiger partial charge in [-0.05, 0) is 19.4 Å². The van der Waals surface area contributed by atoms with Crippen LogP contribution in [0.15, 0.2) is 42.5 Å². The molecule has 84 valence electrons. The van der Waals surface area contributed by atoms with Crippen LogP contribution in [0.4, 0.5) is 0 Å². The van der Waals surface area contributed by atoms with Crippen LogP contribution in [-0.4, -0.2) is 18.0 Å². The van der Waals surface area contributed by atoms with Gasteiger partial charge in [0.25, 0.3) is 0 Å². The molecule has 0 bridgehead atoms. The Morgan fingerprint density at radius 1 is 1.25 bits per heavy atom. The van der Waals surface area contributed by atoms with Crippen molar-refractivity contribution in [2.75, 3.05) is 13.1 Å². The van der Waals surface area contributed by atoms with E-state index in [-0.39, 0.29) is 0 Å². The first-order chi connectivity index (χ1) is 7.86. The Hall–Kier alpha value is -1.52. The van der Waals surface area contributed by atoms with E-state index < -0.39 is 0 Å². The van der Waals surface area contributed by atoms with Gasteiger partial charge in [0.05, 0.1) is 6.54 Å². The summed E-state index contributed by atoms with van der Waals surface area (Å²) in [6.07, 6.45) is 4.25. The average molecular weight is 213 g/mol. The molecule has 16 heavy (non-hydrogen) atoms. The van der Waals surface area contributed by atoms with Crippen molar-refractivity contribution in [3.05, 3.63) is 48.0 Å². The summed E-state index contributed by atoms with van der Waals surface area (Å²) in [5, 5.41) is 0. The summed E-state index contributed by atoms with van der Waals surface area (Å²) >= 11 is 0. The molecule has 1 heteroatoms. The summed E-state index contributed by atoms with van der Waals surface area (Å²) in [5.41, 5.74) is 1.34.